The molecule has 2 aliphatic rings. The fraction of sp³-hybridized carbons (Fsp3) is 0.381. The van der Waals surface area contributed by atoms with E-state index >= 15 is 0 Å². The van der Waals surface area contributed by atoms with Gasteiger partial charge in [-0.15, -0.1) is 0 Å². The summed E-state index contributed by atoms with van der Waals surface area (Å²) in [6, 6.07) is 9.07. The molecule has 8 nitrogen and oxygen atoms in total. The van der Waals surface area contributed by atoms with Gasteiger partial charge in [-0.3, -0.25) is 9.59 Å². The maximum atomic E-state index is 12.5. The van der Waals surface area contributed by atoms with Gasteiger partial charge in [0.25, 0.3) is 0 Å². The van der Waals surface area contributed by atoms with E-state index in [0.717, 1.165) is 25.7 Å². The Morgan fingerprint density at radius 2 is 1.87 bits per heavy atom. The molecule has 0 radical (unpaired) electrons. The zero-order chi connectivity index (χ0) is 21.1. The van der Waals surface area contributed by atoms with Crippen molar-refractivity contribution < 1.29 is 18.0 Å². The van der Waals surface area contributed by atoms with Crippen LogP contribution in [0, 0.1) is 0 Å². The van der Waals surface area contributed by atoms with Crippen molar-refractivity contribution in [2.75, 3.05) is 11.9 Å². The number of para-hydroxylation sites is 1. The molecule has 0 saturated heterocycles. The fourth-order valence-electron chi connectivity index (χ4n) is 3.84. The third kappa shape index (κ3) is 4.46. The van der Waals surface area contributed by atoms with Crippen LogP contribution in [-0.2, 0) is 30.9 Å². The molecule has 1 aromatic heterocycles. The number of anilines is 1. The van der Waals surface area contributed by atoms with Crippen molar-refractivity contribution in [3.8, 4) is 5.69 Å². The van der Waals surface area contributed by atoms with Crippen molar-refractivity contribution in [1.29, 1.82) is 0 Å². The summed E-state index contributed by atoms with van der Waals surface area (Å²) in [7, 11) is -3.30. The summed E-state index contributed by atoms with van der Waals surface area (Å²) in [5.41, 5.74) is 2.82. The normalized spacial score (nSPS) is 17.1. The van der Waals surface area contributed by atoms with Gasteiger partial charge in [-0.2, -0.15) is 5.10 Å². The van der Waals surface area contributed by atoms with Crippen LogP contribution in [0.25, 0.3) is 5.69 Å². The van der Waals surface area contributed by atoms with E-state index in [9.17, 15) is 18.0 Å². The second-order valence-corrected chi connectivity index (χ2v) is 9.69. The van der Waals surface area contributed by atoms with Crippen LogP contribution in [0.15, 0.2) is 42.0 Å². The Kier molecular flexibility index (Phi) is 5.72. The summed E-state index contributed by atoms with van der Waals surface area (Å²) >= 11 is 0. The topological polar surface area (TPSA) is 110 Å². The first-order chi connectivity index (χ1) is 14.4. The number of allylic oxidation sites excluding steroid dienone is 1. The van der Waals surface area contributed by atoms with Crippen LogP contribution in [-0.4, -0.2) is 36.6 Å². The lowest BCUT2D eigenvalue weighted by molar-refractivity contribution is -0.136. The Balaban J connectivity index is 1.48. The number of aromatic nitrogens is 2. The number of carbonyl (C=O) groups excluding carboxylic acids is 2. The maximum absolute atomic E-state index is 12.5. The van der Waals surface area contributed by atoms with Gasteiger partial charge in [0.15, 0.2) is 9.84 Å². The number of amides is 2. The Hall–Kier alpha value is -2.94. The molecule has 1 aromatic carbocycles. The van der Waals surface area contributed by atoms with E-state index in [-0.39, 0.29) is 17.3 Å². The van der Waals surface area contributed by atoms with Gasteiger partial charge < -0.3 is 10.6 Å². The molecule has 1 aliphatic heterocycles. The molecule has 2 heterocycles. The van der Waals surface area contributed by atoms with E-state index in [2.05, 4.69) is 21.8 Å². The van der Waals surface area contributed by atoms with Crippen LogP contribution in [0.4, 0.5) is 5.82 Å². The summed E-state index contributed by atoms with van der Waals surface area (Å²) in [6.45, 7) is 0.391. The Morgan fingerprint density at radius 3 is 2.60 bits per heavy atom. The zero-order valence-electron chi connectivity index (χ0n) is 16.6. The molecule has 0 spiro atoms. The molecule has 0 fully saturated rings. The molecule has 2 aromatic rings. The molecular weight excluding hydrogens is 404 g/mol. The van der Waals surface area contributed by atoms with Gasteiger partial charge in [-0.1, -0.05) is 29.8 Å². The average Bonchev–Trinajstić information content (AvgIpc) is 3.21. The molecule has 30 heavy (non-hydrogen) atoms. The minimum absolute atomic E-state index is 0.174. The fourth-order valence-corrected chi connectivity index (χ4v) is 5.33. The molecule has 2 amide bonds. The number of hydrogen-bond donors (Lipinski definition) is 2. The second-order valence-electron chi connectivity index (χ2n) is 7.62. The molecule has 0 unspecified atom stereocenters. The molecule has 4 rings (SSSR count). The first-order valence-corrected chi connectivity index (χ1v) is 11.9. The van der Waals surface area contributed by atoms with Crippen LogP contribution in [0.5, 0.6) is 0 Å². The summed E-state index contributed by atoms with van der Waals surface area (Å²) in [4.78, 5) is 24.8. The highest BCUT2D eigenvalue weighted by molar-refractivity contribution is 7.90. The molecule has 0 saturated carbocycles. The van der Waals surface area contributed by atoms with E-state index in [1.165, 1.54) is 16.7 Å². The number of carbonyl (C=O) groups is 2. The van der Waals surface area contributed by atoms with Gasteiger partial charge in [0.1, 0.15) is 5.82 Å². The molecule has 2 N–H and O–H groups in total. The van der Waals surface area contributed by atoms with Gasteiger partial charge >= 0.3 is 11.8 Å². The molecular formula is C21H24N4O4S. The number of hydrogen-bond acceptors (Lipinski definition) is 5. The highest BCUT2D eigenvalue weighted by Gasteiger charge is 2.33. The number of nitrogens with zero attached hydrogens (tertiary/aromatic N) is 2. The summed E-state index contributed by atoms with van der Waals surface area (Å²) in [5.74, 6) is -1.74. The predicted octanol–water partition coefficient (Wildman–Crippen LogP) is 2.25. The van der Waals surface area contributed by atoms with Crippen LogP contribution in [0.2, 0.25) is 0 Å². The first-order valence-electron chi connectivity index (χ1n) is 10.1. The average molecular weight is 429 g/mol. The van der Waals surface area contributed by atoms with Gasteiger partial charge in [-0.05, 0) is 44.2 Å². The van der Waals surface area contributed by atoms with Crippen LogP contribution >= 0.6 is 0 Å². The molecule has 0 bridgehead atoms. The minimum Gasteiger partial charge on any atom is -0.348 e. The Morgan fingerprint density at radius 1 is 1.07 bits per heavy atom. The van der Waals surface area contributed by atoms with Gasteiger partial charge in [0.05, 0.1) is 22.9 Å². The van der Waals surface area contributed by atoms with Gasteiger partial charge in [0, 0.05) is 12.1 Å². The minimum atomic E-state index is -3.30. The highest BCUT2D eigenvalue weighted by Crippen LogP contribution is 2.32. The number of sulfone groups is 1. The number of rotatable bonds is 5. The lowest BCUT2D eigenvalue weighted by Gasteiger charge is -2.13. The molecule has 9 heteroatoms. The van der Waals surface area contributed by atoms with Crippen LogP contribution in [0.1, 0.15) is 43.4 Å². The van der Waals surface area contributed by atoms with Gasteiger partial charge in [-0.25, -0.2) is 13.1 Å². The van der Waals surface area contributed by atoms with Crippen molar-refractivity contribution in [3.63, 3.8) is 0 Å². The lowest BCUT2D eigenvalue weighted by Crippen LogP contribution is -2.36. The zero-order valence-corrected chi connectivity index (χ0v) is 17.4. The highest BCUT2D eigenvalue weighted by atomic mass is 32.2. The van der Waals surface area contributed by atoms with E-state index in [0.29, 0.717) is 23.5 Å². The van der Waals surface area contributed by atoms with Crippen molar-refractivity contribution in [3.05, 3.63) is 53.2 Å². The predicted molar refractivity (Wildman–Crippen MR) is 113 cm³/mol. The summed E-state index contributed by atoms with van der Waals surface area (Å²) in [5, 5.41) is 9.61. The Bertz CT molecular complexity index is 1100. The third-order valence-electron chi connectivity index (χ3n) is 5.34. The molecule has 158 valence electrons. The van der Waals surface area contributed by atoms with Crippen LogP contribution in [0.3, 0.4) is 0 Å². The third-order valence-corrected chi connectivity index (χ3v) is 6.78. The number of fused-ring (bicyclic) bond motifs is 1. The van der Waals surface area contributed by atoms with Gasteiger partial charge in [0.2, 0.25) is 0 Å². The van der Waals surface area contributed by atoms with Crippen molar-refractivity contribution >= 4 is 27.5 Å². The Labute approximate surface area is 175 Å². The summed E-state index contributed by atoms with van der Waals surface area (Å²) < 4.78 is 25.5. The van der Waals surface area contributed by atoms with E-state index in [1.807, 2.05) is 18.2 Å². The molecule has 1 aliphatic carbocycles. The second kappa shape index (κ2) is 8.43. The van der Waals surface area contributed by atoms with Crippen molar-refractivity contribution in [2.45, 2.75) is 43.6 Å². The van der Waals surface area contributed by atoms with Crippen molar-refractivity contribution in [2.24, 2.45) is 0 Å². The molecule has 0 atom stereocenters. The van der Waals surface area contributed by atoms with Crippen molar-refractivity contribution in [1.82, 2.24) is 15.1 Å². The quantitative estimate of drug-likeness (QED) is 0.561. The van der Waals surface area contributed by atoms with E-state index in [4.69, 9.17) is 0 Å². The standard InChI is InChI=1S/C21H24N4O4S/c26-20(22-12-11-15-7-3-1-4-8-15)21(27)23-19-17-13-30(28,29)14-18(17)24-25(19)16-9-5-2-6-10-16/h2,5-7,9-10H,1,3-4,8,11-14H2,(H,22,26)(H,23,27). The smallest absolute Gasteiger partial charge is 0.314 e. The lowest BCUT2D eigenvalue weighted by atomic mass is 9.97. The SMILES string of the molecule is O=C(NCCC1=CCCCC1)C(=O)Nc1c2c(nn1-c1ccccc1)CS(=O)(=O)C2. The first kappa shape index (κ1) is 20.3. The number of benzene rings is 1. The summed E-state index contributed by atoms with van der Waals surface area (Å²) in [6.07, 6.45) is 7.41. The monoisotopic (exact) mass is 428 g/mol. The van der Waals surface area contributed by atoms with E-state index in [1.54, 1.807) is 12.1 Å². The van der Waals surface area contributed by atoms with E-state index < -0.39 is 21.7 Å². The van der Waals surface area contributed by atoms with Crippen LogP contribution < -0.4 is 10.6 Å². The number of nitrogens with one attached hydrogen (secondary N) is 2. The maximum Gasteiger partial charge on any atom is 0.314 e. The largest absolute Gasteiger partial charge is 0.348 e.